The summed E-state index contributed by atoms with van der Waals surface area (Å²) in [4.78, 5) is 26.6. The molecule has 0 aromatic carbocycles. The Balaban J connectivity index is 2.22. The number of rotatable bonds is 4. The number of isocyanates is 1. The minimum absolute atomic E-state index is 0.216. The van der Waals surface area contributed by atoms with Gasteiger partial charge < -0.3 is 9.64 Å². The van der Waals surface area contributed by atoms with Gasteiger partial charge in [0.1, 0.15) is 0 Å². The summed E-state index contributed by atoms with van der Waals surface area (Å²) in [5, 5.41) is 0. The Kier molecular flexibility index (Phi) is 5.57. The van der Waals surface area contributed by atoms with Crippen LogP contribution >= 0.6 is 0 Å². The zero-order chi connectivity index (χ0) is 11.8. The normalized spacial score (nSPS) is 16.7. The lowest BCUT2D eigenvalue weighted by Gasteiger charge is -2.30. The highest BCUT2D eigenvalue weighted by molar-refractivity contribution is 5.67. The maximum atomic E-state index is 11.4. The highest BCUT2D eigenvalue weighted by atomic mass is 16.6. The van der Waals surface area contributed by atoms with Gasteiger partial charge in [0, 0.05) is 13.1 Å². The number of hydrogen-bond donors (Lipinski definition) is 0. The number of piperidine rings is 1. The van der Waals surface area contributed by atoms with Crippen molar-refractivity contribution in [3.05, 3.63) is 0 Å². The predicted octanol–water partition coefficient (Wildman–Crippen LogP) is 1.58. The number of aliphatic imine (C=N–C) groups is 1. The number of hydrogen-bond acceptors (Lipinski definition) is 4. The lowest BCUT2D eigenvalue weighted by molar-refractivity contribution is 0.0912. The molecule has 16 heavy (non-hydrogen) atoms. The van der Waals surface area contributed by atoms with E-state index in [0.717, 1.165) is 32.4 Å². The lowest BCUT2D eigenvalue weighted by atomic mass is 9.94. The molecule has 0 N–H and O–H groups in total. The van der Waals surface area contributed by atoms with Gasteiger partial charge in [0.2, 0.25) is 6.08 Å². The quantitative estimate of drug-likeness (QED) is 0.540. The molecule has 0 bridgehead atoms. The Morgan fingerprint density at radius 3 is 2.75 bits per heavy atom. The molecule has 5 nitrogen and oxygen atoms in total. The second kappa shape index (κ2) is 7.01. The van der Waals surface area contributed by atoms with Gasteiger partial charge >= 0.3 is 6.09 Å². The molecule has 1 heterocycles. The van der Waals surface area contributed by atoms with Gasteiger partial charge in [0.25, 0.3) is 0 Å². The van der Waals surface area contributed by atoms with Crippen LogP contribution in [0, 0.1) is 5.92 Å². The van der Waals surface area contributed by atoms with Gasteiger partial charge in [-0.2, -0.15) is 0 Å². The van der Waals surface area contributed by atoms with Gasteiger partial charge in [-0.3, -0.25) is 0 Å². The molecule has 1 fully saturated rings. The van der Waals surface area contributed by atoms with E-state index in [2.05, 4.69) is 4.99 Å². The van der Waals surface area contributed by atoms with Crippen LogP contribution < -0.4 is 0 Å². The highest BCUT2D eigenvalue weighted by Crippen LogP contribution is 2.20. The number of carbonyl (C=O) groups is 1. The smallest absolute Gasteiger partial charge is 0.409 e. The van der Waals surface area contributed by atoms with Crippen LogP contribution in [0.25, 0.3) is 0 Å². The van der Waals surface area contributed by atoms with E-state index >= 15 is 0 Å². The molecule has 5 heteroatoms. The van der Waals surface area contributed by atoms with Crippen LogP contribution in [0.4, 0.5) is 4.79 Å². The molecule has 0 aromatic heterocycles. The summed E-state index contributed by atoms with van der Waals surface area (Å²) in [6, 6.07) is 0. The third-order valence-corrected chi connectivity index (χ3v) is 2.85. The summed E-state index contributed by atoms with van der Waals surface area (Å²) in [7, 11) is 0. The van der Waals surface area contributed by atoms with E-state index in [4.69, 9.17) is 4.74 Å². The minimum atomic E-state index is -0.216. The zero-order valence-electron chi connectivity index (χ0n) is 9.65. The van der Waals surface area contributed by atoms with E-state index < -0.39 is 0 Å². The average Bonchev–Trinajstić information content (AvgIpc) is 2.30. The lowest BCUT2D eigenvalue weighted by Crippen LogP contribution is -2.38. The molecule has 0 aliphatic carbocycles. The van der Waals surface area contributed by atoms with E-state index in [0.29, 0.717) is 19.1 Å². The summed E-state index contributed by atoms with van der Waals surface area (Å²) < 4.78 is 4.93. The summed E-state index contributed by atoms with van der Waals surface area (Å²) in [6.45, 7) is 4.27. The summed E-state index contributed by atoms with van der Waals surface area (Å²) in [6.07, 6.45) is 4.17. The fraction of sp³-hybridized carbons (Fsp3) is 0.818. The third kappa shape index (κ3) is 4.03. The second-order valence-electron chi connectivity index (χ2n) is 3.89. The molecule has 1 aliphatic heterocycles. The van der Waals surface area contributed by atoms with Crippen molar-refractivity contribution in [3.63, 3.8) is 0 Å². The van der Waals surface area contributed by atoms with E-state index in [9.17, 15) is 9.59 Å². The van der Waals surface area contributed by atoms with Crippen molar-refractivity contribution in [2.24, 2.45) is 10.9 Å². The molecular formula is C11H18N2O3. The van der Waals surface area contributed by atoms with Crippen molar-refractivity contribution in [2.45, 2.75) is 26.2 Å². The van der Waals surface area contributed by atoms with E-state index in [1.54, 1.807) is 11.0 Å². The zero-order valence-corrected chi connectivity index (χ0v) is 9.65. The van der Waals surface area contributed by atoms with Crippen molar-refractivity contribution >= 4 is 12.2 Å². The molecule has 0 saturated carbocycles. The number of likely N-dealkylation sites (tertiary alicyclic amines) is 1. The molecule has 1 saturated heterocycles. The highest BCUT2D eigenvalue weighted by Gasteiger charge is 2.22. The Bertz CT molecular complexity index is 266. The first-order valence-electron chi connectivity index (χ1n) is 5.73. The van der Waals surface area contributed by atoms with Gasteiger partial charge in [-0.25, -0.2) is 14.6 Å². The fourth-order valence-corrected chi connectivity index (χ4v) is 1.91. The minimum Gasteiger partial charge on any atom is -0.450 e. The fourth-order valence-electron chi connectivity index (χ4n) is 1.91. The SMILES string of the molecule is CCOC(=O)N1CCC(CCN=C=O)CC1. The van der Waals surface area contributed by atoms with Gasteiger partial charge in [-0.1, -0.05) is 0 Å². The second-order valence-corrected chi connectivity index (χ2v) is 3.89. The molecule has 0 unspecified atom stereocenters. The molecule has 1 aliphatic rings. The summed E-state index contributed by atoms with van der Waals surface area (Å²) in [5.41, 5.74) is 0. The van der Waals surface area contributed by atoms with Crippen LogP contribution in [0.2, 0.25) is 0 Å². The third-order valence-electron chi connectivity index (χ3n) is 2.85. The van der Waals surface area contributed by atoms with Gasteiger partial charge in [0.05, 0.1) is 13.2 Å². The molecule has 1 rings (SSSR count). The topological polar surface area (TPSA) is 59.0 Å². The Morgan fingerprint density at radius 2 is 2.19 bits per heavy atom. The predicted molar refractivity (Wildman–Crippen MR) is 58.9 cm³/mol. The number of ether oxygens (including phenoxy) is 1. The average molecular weight is 226 g/mol. The first kappa shape index (κ1) is 12.7. The van der Waals surface area contributed by atoms with Crippen LogP contribution in [0.15, 0.2) is 4.99 Å². The largest absolute Gasteiger partial charge is 0.450 e. The van der Waals surface area contributed by atoms with E-state index in [1.165, 1.54) is 0 Å². The molecule has 90 valence electrons. The van der Waals surface area contributed by atoms with Crippen LogP contribution in [-0.2, 0) is 9.53 Å². The van der Waals surface area contributed by atoms with Gasteiger partial charge in [-0.05, 0) is 32.1 Å². The number of amides is 1. The maximum Gasteiger partial charge on any atom is 0.409 e. The first-order valence-corrected chi connectivity index (χ1v) is 5.73. The maximum absolute atomic E-state index is 11.4. The van der Waals surface area contributed by atoms with Crippen molar-refractivity contribution in [2.75, 3.05) is 26.2 Å². The van der Waals surface area contributed by atoms with E-state index in [-0.39, 0.29) is 6.09 Å². The van der Waals surface area contributed by atoms with Crippen LogP contribution in [0.3, 0.4) is 0 Å². The molecular weight excluding hydrogens is 208 g/mol. The Labute approximate surface area is 95.5 Å². The van der Waals surface area contributed by atoms with Crippen LogP contribution in [0.5, 0.6) is 0 Å². The standard InChI is InChI=1S/C11H18N2O3/c1-2-16-11(15)13-7-4-10(5-8-13)3-6-12-9-14/h10H,2-8H2,1H3. The molecule has 0 aromatic rings. The molecule has 0 atom stereocenters. The van der Waals surface area contributed by atoms with Crippen LogP contribution in [-0.4, -0.2) is 43.3 Å². The number of carbonyl (C=O) groups excluding carboxylic acids is 2. The van der Waals surface area contributed by atoms with Gasteiger partial charge in [-0.15, -0.1) is 0 Å². The van der Waals surface area contributed by atoms with E-state index in [1.807, 2.05) is 6.92 Å². The monoisotopic (exact) mass is 226 g/mol. The van der Waals surface area contributed by atoms with Crippen molar-refractivity contribution in [3.8, 4) is 0 Å². The van der Waals surface area contributed by atoms with Crippen LogP contribution in [0.1, 0.15) is 26.2 Å². The van der Waals surface area contributed by atoms with Crippen molar-refractivity contribution in [1.82, 2.24) is 4.90 Å². The molecule has 0 spiro atoms. The first-order chi connectivity index (χ1) is 7.77. The van der Waals surface area contributed by atoms with Gasteiger partial charge in [0.15, 0.2) is 0 Å². The molecule has 1 amide bonds. The summed E-state index contributed by atoms with van der Waals surface area (Å²) in [5.74, 6) is 0.558. The Hall–Kier alpha value is -1.35. The molecule has 0 radical (unpaired) electrons. The Morgan fingerprint density at radius 1 is 1.50 bits per heavy atom. The van der Waals surface area contributed by atoms with Crippen molar-refractivity contribution in [1.29, 1.82) is 0 Å². The number of nitrogens with zero attached hydrogens (tertiary/aromatic N) is 2. The summed E-state index contributed by atoms with van der Waals surface area (Å²) >= 11 is 0. The van der Waals surface area contributed by atoms with Crippen molar-refractivity contribution < 1.29 is 14.3 Å².